The summed E-state index contributed by atoms with van der Waals surface area (Å²) in [6, 6.07) is 0. The van der Waals surface area contributed by atoms with Crippen molar-refractivity contribution in [1.82, 2.24) is 0 Å². The minimum atomic E-state index is -0.717. The molecular weight excluding hydrogens is 246 g/mol. The maximum Gasteiger partial charge on any atom is 0.0876 e. The molecule has 0 aliphatic carbocycles. The van der Waals surface area contributed by atoms with Crippen molar-refractivity contribution in [3.8, 4) is 0 Å². The molecule has 4 nitrogen and oxygen atoms in total. The summed E-state index contributed by atoms with van der Waals surface area (Å²) in [4.78, 5) is 0. The maximum absolute atomic E-state index is 9.99. The Morgan fingerprint density at radius 2 is 1.06 bits per heavy atom. The average Bonchev–Trinajstić information content (AvgIpc) is 2.57. The molecule has 2 aliphatic heterocycles. The first-order chi connectivity index (χ1) is 7.43. The van der Waals surface area contributed by atoms with Crippen LogP contribution in [0.2, 0.25) is 0 Å². The van der Waals surface area contributed by atoms with Crippen LogP contribution in [0, 0.1) is 0 Å². The van der Waals surface area contributed by atoms with Crippen LogP contribution in [0.4, 0.5) is 0 Å². The molecule has 16 heavy (non-hydrogen) atoms. The van der Waals surface area contributed by atoms with E-state index in [4.69, 9.17) is 0 Å². The Bertz CT molecular complexity index is 239. The largest absolute Gasteiger partial charge is 0.390 e. The minimum absolute atomic E-state index is 0.00624. The summed E-state index contributed by atoms with van der Waals surface area (Å²) in [5.41, 5.74) is -0.0125. The predicted octanol–water partition coefficient (Wildman–Crippen LogP) is -0.582. The molecule has 0 radical (unpaired) electrons. The van der Waals surface area contributed by atoms with E-state index in [1.165, 1.54) is 0 Å². The summed E-state index contributed by atoms with van der Waals surface area (Å²) in [5.74, 6) is 0. The Kier molecular flexibility index (Phi) is 3.91. The smallest absolute Gasteiger partial charge is 0.0876 e. The second-order valence-electron chi connectivity index (χ2n) is 4.98. The van der Waals surface area contributed by atoms with Gasteiger partial charge in [0.15, 0.2) is 0 Å². The molecule has 0 aromatic carbocycles. The molecule has 2 rings (SSSR count). The molecule has 4 N–H and O–H groups in total. The van der Waals surface area contributed by atoms with E-state index in [2.05, 4.69) is 13.3 Å². The van der Waals surface area contributed by atoms with Crippen molar-refractivity contribution in [2.45, 2.75) is 35.7 Å². The SMILES string of the molecule is CP1CC(O)C(O)C1C1C(O)C(O)CP1C. The molecule has 2 fully saturated rings. The second kappa shape index (κ2) is 4.76. The van der Waals surface area contributed by atoms with Crippen molar-refractivity contribution in [2.24, 2.45) is 0 Å². The lowest BCUT2D eigenvalue weighted by Crippen LogP contribution is -2.42. The molecule has 2 aliphatic rings. The first-order valence-electron chi connectivity index (χ1n) is 5.56. The number of aliphatic hydroxyl groups is 4. The summed E-state index contributed by atoms with van der Waals surface area (Å²) in [7, 11) is -0.891. The van der Waals surface area contributed by atoms with Crippen LogP contribution in [0.1, 0.15) is 0 Å². The standard InChI is InChI=1S/C10H20O4P2/c1-15-3-5(11)7(13)9(15)10-8(14)6(12)4-16(10)2/h5-14H,3-4H2,1-2H3. The lowest BCUT2D eigenvalue weighted by molar-refractivity contribution is 0.0132. The van der Waals surface area contributed by atoms with Gasteiger partial charge in [-0.1, -0.05) is 0 Å². The summed E-state index contributed by atoms with van der Waals surface area (Å²) in [5, 5.41) is 39.3. The number of rotatable bonds is 1. The van der Waals surface area contributed by atoms with Crippen LogP contribution in [-0.2, 0) is 0 Å². The number of hydrogen-bond acceptors (Lipinski definition) is 4. The zero-order chi connectivity index (χ0) is 12.0. The van der Waals surface area contributed by atoms with Gasteiger partial charge in [0.1, 0.15) is 0 Å². The molecule has 0 spiro atoms. The predicted molar refractivity (Wildman–Crippen MR) is 67.0 cm³/mol. The van der Waals surface area contributed by atoms with Crippen molar-refractivity contribution in [3.63, 3.8) is 0 Å². The molecule has 6 heteroatoms. The highest BCUT2D eigenvalue weighted by Gasteiger charge is 2.51. The molecule has 8 atom stereocenters. The fourth-order valence-corrected chi connectivity index (χ4v) is 9.25. The van der Waals surface area contributed by atoms with Gasteiger partial charge in [-0.2, -0.15) is 0 Å². The van der Waals surface area contributed by atoms with Gasteiger partial charge in [-0.15, -0.1) is 15.8 Å². The summed E-state index contributed by atoms with van der Waals surface area (Å²) >= 11 is 0. The summed E-state index contributed by atoms with van der Waals surface area (Å²) < 4.78 is 0. The van der Waals surface area contributed by atoms with E-state index in [9.17, 15) is 20.4 Å². The van der Waals surface area contributed by atoms with E-state index in [0.29, 0.717) is 12.3 Å². The van der Waals surface area contributed by atoms with Gasteiger partial charge in [0.2, 0.25) is 0 Å². The lowest BCUT2D eigenvalue weighted by atomic mass is 10.0. The second-order valence-corrected chi connectivity index (χ2v) is 9.93. The molecule has 0 aromatic heterocycles. The Labute approximate surface area is 98.2 Å². The third-order valence-electron chi connectivity index (χ3n) is 3.81. The quantitative estimate of drug-likeness (QED) is 0.479. The Balaban J connectivity index is 2.18. The van der Waals surface area contributed by atoms with Crippen molar-refractivity contribution >= 4 is 15.8 Å². The van der Waals surface area contributed by atoms with Gasteiger partial charge >= 0.3 is 0 Å². The molecule has 2 saturated heterocycles. The number of aliphatic hydroxyl groups excluding tert-OH is 4. The van der Waals surface area contributed by atoms with Crippen molar-refractivity contribution < 1.29 is 20.4 Å². The highest BCUT2D eigenvalue weighted by molar-refractivity contribution is 7.62. The molecule has 0 aromatic rings. The molecule has 94 valence electrons. The van der Waals surface area contributed by atoms with Crippen molar-refractivity contribution in [3.05, 3.63) is 0 Å². The van der Waals surface area contributed by atoms with E-state index in [0.717, 1.165) is 0 Å². The van der Waals surface area contributed by atoms with E-state index < -0.39 is 40.3 Å². The van der Waals surface area contributed by atoms with E-state index >= 15 is 0 Å². The highest BCUT2D eigenvalue weighted by Crippen LogP contribution is 2.59. The summed E-state index contributed by atoms with van der Waals surface area (Å²) in [6.07, 6.45) is -1.41. The van der Waals surface area contributed by atoms with Crippen LogP contribution < -0.4 is 0 Å². The van der Waals surface area contributed by atoms with Crippen LogP contribution in [0.15, 0.2) is 0 Å². The molecule has 0 saturated carbocycles. The minimum Gasteiger partial charge on any atom is -0.390 e. The van der Waals surface area contributed by atoms with Gasteiger partial charge in [0.25, 0.3) is 0 Å². The fourth-order valence-electron chi connectivity index (χ4n) is 2.95. The van der Waals surface area contributed by atoms with Gasteiger partial charge in [0, 0.05) is 11.3 Å². The zero-order valence-corrected chi connectivity index (χ0v) is 11.4. The molecule has 2 heterocycles. The fraction of sp³-hybridized carbons (Fsp3) is 1.00. The Hall–Kier alpha value is 0.700. The highest BCUT2D eigenvalue weighted by atomic mass is 31.1. The van der Waals surface area contributed by atoms with Gasteiger partial charge in [-0.05, 0) is 25.7 Å². The van der Waals surface area contributed by atoms with Crippen LogP contribution in [0.5, 0.6) is 0 Å². The monoisotopic (exact) mass is 266 g/mol. The van der Waals surface area contributed by atoms with Crippen LogP contribution in [0.25, 0.3) is 0 Å². The van der Waals surface area contributed by atoms with Gasteiger partial charge < -0.3 is 20.4 Å². The lowest BCUT2D eigenvalue weighted by Gasteiger charge is -2.31. The maximum atomic E-state index is 9.99. The third-order valence-corrected chi connectivity index (χ3v) is 9.23. The van der Waals surface area contributed by atoms with E-state index in [1.54, 1.807) is 0 Å². The van der Waals surface area contributed by atoms with Gasteiger partial charge in [-0.3, -0.25) is 0 Å². The van der Waals surface area contributed by atoms with E-state index in [-0.39, 0.29) is 11.3 Å². The first-order valence-corrected chi connectivity index (χ1v) is 9.65. The van der Waals surface area contributed by atoms with Crippen molar-refractivity contribution in [1.29, 1.82) is 0 Å². The zero-order valence-electron chi connectivity index (χ0n) is 9.56. The topological polar surface area (TPSA) is 80.9 Å². The first kappa shape index (κ1) is 13.1. The number of hydrogen-bond donors (Lipinski definition) is 4. The molecule has 0 bridgehead atoms. The van der Waals surface area contributed by atoms with Crippen LogP contribution in [-0.4, -0.2) is 81.8 Å². The third kappa shape index (κ3) is 2.05. The molecule has 8 unspecified atom stereocenters. The Morgan fingerprint density at radius 1 is 0.750 bits per heavy atom. The van der Waals surface area contributed by atoms with Crippen LogP contribution >= 0.6 is 15.8 Å². The average molecular weight is 266 g/mol. The van der Waals surface area contributed by atoms with Crippen LogP contribution in [0.3, 0.4) is 0 Å². The van der Waals surface area contributed by atoms with E-state index in [1.807, 2.05) is 0 Å². The summed E-state index contributed by atoms with van der Waals surface area (Å²) in [6.45, 7) is 4.14. The van der Waals surface area contributed by atoms with Gasteiger partial charge in [0.05, 0.1) is 24.4 Å². The molecule has 0 amide bonds. The normalized spacial score (nSPS) is 58.1. The van der Waals surface area contributed by atoms with Gasteiger partial charge in [-0.25, -0.2) is 0 Å². The molecular formula is C10H20O4P2. The van der Waals surface area contributed by atoms with Crippen molar-refractivity contribution in [2.75, 3.05) is 25.7 Å². The Morgan fingerprint density at radius 3 is 1.25 bits per heavy atom.